The summed E-state index contributed by atoms with van der Waals surface area (Å²) in [4.78, 5) is 12.7. The Labute approximate surface area is 85.7 Å². The van der Waals surface area contributed by atoms with Crippen molar-refractivity contribution in [3.8, 4) is 0 Å². The lowest BCUT2D eigenvalue weighted by Crippen LogP contribution is -2.27. The van der Waals surface area contributed by atoms with Crippen LogP contribution < -0.4 is 5.32 Å². The van der Waals surface area contributed by atoms with E-state index in [-0.39, 0.29) is 6.03 Å². The molecule has 2 rings (SSSR count). The third-order valence-electron chi connectivity index (χ3n) is 2.30. The molecule has 15 heavy (non-hydrogen) atoms. The second-order valence-corrected chi connectivity index (χ2v) is 3.40. The number of nitrogens with one attached hydrogen (secondary N) is 1. The average Bonchev–Trinajstić information content (AvgIpc) is 2.59. The molecule has 2 amide bonds. The number of carbonyl (C=O) groups excluding carboxylic acids is 1. The molecule has 1 aliphatic heterocycles. The molecule has 0 saturated carbocycles. The van der Waals surface area contributed by atoms with E-state index in [1.165, 1.54) is 6.07 Å². The van der Waals surface area contributed by atoms with Crippen LogP contribution in [0.1, 0.15) is 5.56 Å². The number of urea groups is 1. The van der Waals surface area contributed by atoms with Crippen LogP contribution in [0.2, 0.25) is 0 Å². The van der Waals surface area contributed by atoms with Gasteiger partial charge in [0.2, 0.25) is 0 Å². The maximum Gasteiger partial charge on any atom is 0.317 e. The maximum atomic E-state index is 12.9. The highest BCUT2D eigenvalue weighted by Crippen LogP contribution is 2.12. The van der Waals surface area contributed by atoms with Crippen molar-refractivity contribution < 1.29 is 13.6 Å². The number of rotatable bonds is 2. The zero-order valence-corrected chi connectivity index (χ0v) is 7.96. The molecule has 0 unspecified atom stereocenters. The maximum absolute atomic E-state index is 12.9. The molecule has 3 nitrogen and oxygen atoms in total. The summed E-state index contributed by atoms with van der Waals surface area (Å²) >= 11 is 0. The number of amides is 2. The Morgan fingerprint density at radius 1 is 1.33 bits per heavy atom. The first-order chi connectivity index (χ1) is 7.16. The van der Waals surface area contributed by atoms with E-state index < -0.39 is 11.6 Å². The Morgan fingerprint density at radius 2 is 2.13 bits per heavy atom. The Bertz CT molecular complexity index is 395. The van der Waals surface area contributed by atoms with Gasteiger partial charge >= 0.3 is 6.03 Å². The molecule has 1 aromatic carbocycles. The summed E-state index contributed by atoms with van der Waals surface area (Å²) in [5.41, 5.74) is 0.589. The van der Waals surface area contributed by atoms with Gasteiger partial charge in [-0.25, -0.2) is 13.6 Å². The van der Waals surface area contributed by atoms with E-state index >= 15 is 0 Å². The number of halogens is 2. The largest absolute Gasteiger partial charge is 0.336 e. The molecule has 1 N–H and O–H groups in total. The van der Waals surface area contributed by atoms with Crippen molar-refractivity contribution in [2.24, 2.45) is 0 Å². The first-order valence-corrected chi connectivity index (χ1v) is 4.63. The van der Waals surface area contributed by atoms with Crippen LogP contribution in [-0.2, 0) is 6.54 Å². The number of carbonyl (C=O) groups is 1. The van der Waals surface area contributed by atoms with E-state index in [0.717, 1.165) is 12.1 Å². The molecule has 1 fully saturated rings. The van der Waals surface area contributed by atoms with Crippen LogP contribution >= 0.6 is 0 Å². The van der Waals surface area contributed by atoms with Gasteiger partial charge in [-0.05, 0) is 17.7 Å². The standard InChI is InChI=1S/C10H10F2N2O/c11-8-2-1-7(5-9(8)12)6-14-4-3-13-10(14)15/h1-2,5H,3-4,6H2,(H,13,15). The minimum atomic E-state index is -0.882. The monoisotopic (exact) mass is 212 g/mol. The second-order valence-electron chi connectivity index (χ2n) is 3.40. The molecule has 80 valence electrons. The molecule has 0 aliphatic carbocycles. The average molecular weight is 212 g/mol. The van der Waals surface area contributed by atoms with Gasteiger partial charge in [-0.3, -0.25) is 0 Å². The van der Waals surface area contributed by atoms with Crippen LogP contribution in [0.3, 0.4) is 0 Å². The fraction of sp³-hybridized carbons (Fsp3) is 0.300. The van der Waals surface area contributed by atoms with E-state index in [0.29, 0.717) is 25.2 Å². The highest BCUT2D eigenvalue weighted by Gasteiger charge is 2.19. The molecular formula is C10H10F2N2O. The van der Waals surface area contributed by atoms with E-state index in [9.17, 15) is 13.6 Å². The molecule has 0 atom stereocenters. The number of hydrogen-bond donors (Lipinski definition) is 1. The van der Waals surface area contributed by atoms with Crippen molar-refractivity contribution in [2.45, 2.75) is 6.54 Å². The summed E-state index contributed by atoms with van der Waals surface area (Å²) in [6.07, 6.45) is 0. The minimum absolute atomic E-state index is 0.167. The Morgan fingerprint density at radius 3 is 2.73 bits per heavy atom. The van der Waals surface area contributed by atoms with E-state index in [1.807, 2.05) is 0 Å². The van der Waals surface area contributed by atoms with Crippen molar-refractivity contribution in [1.82, 2.24) is 10.2 Å². The Kier molecular flexibility index (Phi) is 2.53. The molecule has 0 aromatic heterocycles. The number of nitrogens with zero attached hydrogens (tertiary/aromatic N) is 1. The van der Waals surface area contributed by atoms with Crippen molar-refractivity contribution in [3.63, 3.8) is 0 Å². The zero-order valence-electron chi connectivity index (χ0n) is 7.96. The quantitative estimate of drug-likeness (QED) is 0.791. The van der Waals surface area contributed by atoms with Gasteiger partial charge in [-0.15, -0.1) is 0 Å². The lowest BCUT2D eigenvalue weighted by Gasteiger charge is -2.13. The predicted octanol–water partition coefficient (Wildman–Crippen LogP) is 1.49. The van der Waals surface area contributed by atoms with E-state index in [4.69, 9.17) is 0 Å². The first kappa shape index (κ1) is 9.89. The minimum Gasteiger partial charge on any atom is -0.336 e. The van der Waals surface area contributed by atoms with Gasteiger partial charge in [0.05, 0.1) is 0 Å². The third kappa shape index (κ3) is 2.06. The molecular weight excluding hydrogens is 202 g/mol. The van der Waals surface area contributed by atoms with Gasteiger partial charge in [-0.2, -0.15) is 0 Å². The van der Waals surface area contributed by atoms with Gasteiger partial charge in [0.1, 0.15) is 0 Å². The molecule has 5 heteroatoms. The van der Waals surface area contributed by atoms with E-state index in [2.05, 4.69) is 5.32 Å². The topological polar surface area (TPSA) is 32.3 Å². The van der Waals surface area contributed by atoms with Gasteiger partial charge in [0.15, 0.2) is 11.6 Å². The molecule has 1 aromatic rings. The van der Waals surface area contributed by atoms with Crippen LogP contribution in [0.15, 0.2) is 18.2 Å². The van der Waals surface area contributed by atoms with Gasteiger partial charge in [-0.1, -0.05) is 6.07 Å². The van der Waals surface area contributed by atoms with Gasteiger partial charge in [0, 0.05) is 19.6 Å². The number of benzene rings is 1. The lowest BCUT2D eigenvalue weighted by molar-refractivity contribution is 0.215. The summed E-state index contributed by atoms with van der Waals surface area (Å²) in [6.45, 7) is 1.50. The third-order valence-corrected chi connectivity index (χ3v) is 2.30. The molecule has 0 radical (unpaired) electrons. The fourth-order valence-electron chi connectivity index (χ4n) is 1.52. The summed E-state index contributed by atoms with van der Waals surface area (Å²) in [7, 11) is 0. The fourth-order valence-corrected chi connectivity index (χ4v) is 1.52. The summed E-state index contributed by atoms with van der Waals surface area (Å²) in [5.74, 6) is -1.75. The molecule has 0 spiro atoms. The van der Waals surface area contributed by atoms with Crippen LogP contribution in [0.25, 0.3) is 0 Å². The highest BCUT2D eigenvalue weighted by atomic mass is 19.2. The van der Waals surface area contributed by atoms with Crippen LogP contribution in [0.5, 0.6) is 0 Å². The predicted molar refractivity (Wildman–Crippen MR) is 50.2 cm³/mol. The SMILES string of the molecule is O=C1NCCN1Cc1ccc(F)c(F)c1. The normalized spacial score (nSPS) is 15.6. The smallest absolute Gasteiger partial charge is 0.317 e. The summed E-state index contributed by atoms with van der Waals surface area (Å²) in [5, 5.41) is 2.64. The Hall–Kier alpha value is -1.65. The van der Waals surface area contributed by atoms with Gasteiger partial charge < -0.3 is 10.2 Å². The van der Waals surface area contributed by atoms with E-state index in [1.54, 1.807) is 4.90 Å². The number of hydrogen-bond acceptors (Lipinski definition) is 1. The molecule has 1 saturated heterocycles. The second kappa shape index (κ2) is 3.84. The van der Waals surface area contributed by atoms with Gasteiger partial charge in [0.25, 0.3) is 0 Å². The first-order valence-electron chi connectivity index (χ1n) is 4.63. The van der Waals surface area contributed by atoms with Crippen LogP contribution in [-0.4, -0.2) is 24.0 Å². The Balaban J connectivity index is 2.10. The highest BCUT2D eigenvalue weighted by molar-refractivity contribution is 5.76. The zero-order chi connectivity index (χ0) is 10.8. The summed E-state index contributed by atoms with van der Waals surface area (Å²) < 4.78 is 25.5. The molecule has 1 aliphatic rings. The summed E-state index contributed by atoms with van der Waals surface area (Å²) in [6, 6.07) is 3.49. The van der Waals surface area contributed by atoms with Crippen molar-refractivity contribution in [1.29, 1.82) is 0 Å². The van der Waals surface area contributed by atoms with Crippen molar-refractivity contribution >= 4 is 6.03 Å². The molecule has 0 bridgehead atoms. The lowest BCUT2D eigenvalue weighted by atomic mass is 10.2. The van der Waals surface area contributed by atoms with Crippen molar-refractivity contribution in [3.05, 3.63) is 35.4 Å². The van der Waals surface area contributed by atoms with Crippen LogP contribution in [0, 0.1) is 11.6 Å². The molecule has 1 heterocycles. The van der Waals surface area contributed by atoms with Crippen LogP contribution in [0.4, 0.5) is 13.6 Å². The van der Waals surface area contributed by atoms with Crippen molar-refractivity contribution in [2.75, 3.05) is 13.1 Å².